The van der Waals surface area contributed by atoms with Gasteiger partial charge in [0, 0.05) is 19.5 Å². The lowest BCUT2D eigenvalue weighted by Crippen LogP contribution is -2.35. The van der Waals surface area contributed by atoms with E-state index in [2.05, 4.69) is 39.5 Å². The first kappa shape index (κ1) is 18.5. The van der Waals surface area contributed by atoms with Crippen LogP contribution in [0.5, 0.6) is 0 Å². The molecule has 1 fully saturated rings. The Labute approximate surface area is 131 Å². The topological polar surface area (TPSA) is 46.3 Å². The van der Waals surface area contributed by atoms with Gasteiger partial charge in [-0.15, -0.1) is 0 Å². The second-order valence-electron chi connectivity index (χ2n) is 8.31. The molecule has 0 saturated carbocycles. The third-order valence-electron chi connectivity index (χ3n) is 4.91. The van der Waals surface area contributed by atoms with Gasteiger partial charge in [-0.2, -0.15) is 0 Å². The second-order valence-corrected chi connectivity index (χ2v) is 8.31. The zero-order valence-electron chi connectivity index (χ0n) is 14.8. The number of nitrogens with two attached hydrogens (primary N) is 1. The molecule has 21 heavy (non-hydrogen) atoms. The van der Waals surface area contributed by atoms with Crippen LogP contribution >= 0.6 is 0 Å². The van der Waals surface area contributed by atoms with E-state index in [9.17, 15) is 4.79 Å². The lowest BCUT2D eigenvalue weighted by atomic mass is 9.77. The van der Waals surface area contributed by atoms with Gasteiger partial charge in [0.1, 0.15) is 0 Å². The Bertz CT molecular complexity index is 320. The van der Waals surface area contributed by atoms with Crippen molar-refractivity contribution in [2.75, 3.05) is 19.6 Å². The minimum absolute atomic E-state index is 0.320. The summed E-state index contributed by atoms with van der Waals surface area (Å²) in [4.78, 5) is 14.6. The molecule has 1 aliphatic heterocycles. The Hall–Kier alpha value is -0.570. The van der Waals surface area contributed by atoms with Crippen LogP contribution in [0.15, 0.2) is 0 Å². The van der Waals surface area contributed by atoms with Crippen LogP contribution in [-0.2, 0) is 4.79 Å². The van der Waals surface area contributed by atoms with Gasteiger partial charge in [0.25, 0.3) is 0 Å². The van der Waals surface area contributed by atoms with Crippen molar-refractivity contribution in [2.24, 2.45) is 28.9 Å². The normalized spacial score (nSPS) is 22.2. The van der Waals surface area contributed by atoms with Crippen LogP contribution in [-0.4, -0.2) is 30.4 Å². The van der Waals surface area contributed by atoms with Gasteiger partial charge in [0.15, 0.2) is 0 Å². The molecule has 1 saturated heterocycles. The highest BCUT2D eigenvalue weighted by molar-refractivity contribution is 5.76. The fraction of sp³-hybridized carbons (Fsp3) is 0.944. The maximum absolute atomic E-state index is 12.5. The molecule has 2 atom stereocenters. The molecular weight excluding hydrogens is 260 g/mol. The molecule has 1 heterocycles. The lowest BCUT2D eigenvalue weighted by molar-refractivity contribution is -0.132. The molecule has 3 nitrogen and oxygen atoms in total. The smallest absolute Gasteiger partial charge is 0.222 e. The van der Waals surface area contributed by atoms with E-state index < -0.39 is 0 Å². The molecule has 0 bridgehead atoms. The first-order valence-corrected chi connectivity index (χ1v) is 8.71. The summed E-state index contributed by atoms with van der Waals surface area (Å²) in [6.45, 7) is 13.9. The summed E-state index contributed by atoms with van der Waals surface area (Å²) in [6.07, 6.45) is 5.23. The van der Waals surface area contributed by atoms with Crippen LogP contribution in [0.4, 0.5) is 0 Å². The first-order chi connectivity index (χ1) is 9.74. The SMILES string of the molecule is CC(C)C[C@H](CN)CC(=O)N1CCCC(C(C)(C)C)CC1. The van der Waals surface area contributed by atoms with Crippen molar-refractivity contribution in [3.8, 4) is 0 Å². The minimum atomic E-state index is 0.320. The number of amides is 1. The molecule has 3 heteroatoms. The fourth-order valence-electron chi connectivity index (χ4n) is 3.52. The number of rotatable bonds is 5. The van der Waals surface area contributed by atoms with E-state index in [1.165, 1.54) is 6.42 Å². The highest BCUT2D eigenvalue weighted by Gasteiger charge is 2.28. The van der Waals surface area contributed by atoms with Crippen LogP contribution in [0.3, 0.4) is 0 Å². The Morgan fingerprint density at radius 2 is 1.90 bits per heavy atom. The van der Waals surface area contributed by atoms with Crippen LogP contribution in [0, 0.1) is 23.2 Å². The fourth-order valence-corrected chi connectivity index (χ4v) is 3.52. The summed E-state index contributed by atoms with van der Waals surface area (Å²) in [5.41, 5.74) is 6.20. The van der Waals surface area contributed by atoms with Gasteiger partial charge in [-0.25, -0.2) is 0 Å². The average molecular weight is 296 g/mol. The number of hydrogen-bond acceptors (Lipinski definition) is 2. The Morgan fingerprint density at radius 1 is 1.24 bits per heavy atom. The van der Waals surface area contributed by atoms with E-state index in [0.29, 0.717) is 36.1 Å². The maximum atomic E-state index is 12.5. The van der Waals surface area contributed by atoms with Crippen LogP contribution in [0.25, 0.3) is 0 Å². The highest BCUT2D eigenvalue weighted by Crippen LogP contribution is 2.34. The summed E-state index contributed by atoms with van der Waals surface area (Å²) in [5.74, 6) is 2.01. The van der Waals surface area contributed by atoms with Gasteiger partial charge in [-0.3, -0.25) is 4.79 Å². The van der Waals surface area contributed by atoms with Crippen molar-refractivity contribution < 1.29 is 4.79 Å². The molecule has 0 aromatic carbocycles. The van der Waals surface area contributed by atoms with Crippen molar-refractivity contribution in [1.82, 2.24) is 4.90 Å². The van der Waals surface area contributed by atoms with E-state index in [0.717, 1.165) is 38.3 Å². The monoisotopic (exact) mass is 296 g/mol. The van der Waals surface area contributed by atoms with Crippen molar-refractivity contribution in [3.63, 3.8) is 0 Å². The molecular formula is C18H36N2O. The zero-order chi connectivity index (χ0) is 16.0. The summed E-state index contributed by atoms with van der Waals surface area (Å²) < 4.78 is 0. The summed E-state index contributed by atoms with van der Waals surface area (Å²) >= 11 is 0. The first-order valence-electron chi connectivity index (χ1n) is 8.71. The standard InChI is InChI=1S/C18H36N2O/c1-14(2)11-15(13-19)12-17(21)20-9-6-7-16(8-10-20)18(3,4)5/h14-16H,6-13,19H2,1-5H3/t15-,16?/m0/s1. The summed E-state index contributed by atoms with van der Waals surface area (Å²) in [5, 5.41) is 0. The van der Waals surface area contributed by atoms with Gasteiger partial charge in [-0.1, -0.05) is 34.6 Å². The molecule has 1 rings (SSSR count). The molecule has 1 unspecified atom stereocenters. The predicted molar refractivity (Wildman–Crippen MR) is 90.0 cm³/mol. The van der Waals surface area contributed by atoms with E-state index in [1.54, 1.807) is 0 Å². The largest absolute Gasteiger partial charge is 0.343 e. The van der Waals surface area contributed by atoms with Crippen LogP contribution < -0.4 is 5.73 Å². The van der Waals surface area contributed by atoms with E-state index in [-0.39, 0.29) is 0 Å². The van der Waals surface area contributed by atoms with E-state index in [1.807, 2.05) is 0 Å². The third kappa shape index (κ3) is 6.37. The molecule has 124 valence electrons. The number of nitrogens with zero attached hydrogens (tertiary/aromatic N) is 1. The predicted octanol–water partition coefficient (Wildman–Crippen LogP) is 3.67. The third-order valence-corrected chi connectivity index (χ3v) is 4.91. The lowest BCUT2D eigenvalue weighted by Gasteiger charge is -2.30. The molecule has 0 aliphatic carbocycles. The number of hydrogen-bond donors (Lipinski definition) is 1. The molecule has 0 radical (unpaired) electrons. The van der Waals surface area contributed by atoms with Gasteiger partial charge >= 0.3 is 0 Å². The second kappa shape index (κ2) is 8.17. The summed E-state index contributed by atoms with van der Waals surface area (Å²) in [6, 6.07) is 0. The van der Waals surface area contributed by atoms with Crippen molar-refractivity contribution in [2.45, 2.75) is 66.7 Å². The maximum Gasteiger partial charge on any atom is 0.222 e. The number of carbonyl (C=O) groups excluding carboxylic acids is 1. The van der Waals surface area contributed by atoms with Crippen LogP contribution in [0.2, 0.25) is 0 Å². The van der Waals surface area contributed by atoms with Gasteiger partial charge in [0.2, 0.25) is 5.91 Å². The Kier molecular flexibility index (Phi) is 7.19. The quantitative estimate of drug-likeness (QED) is 0.841. The van der Waals surface area contributed by atoms with Crippen molar-refractivity contribution in [3.05, 3.63) is 0 Å². The molecule has 0 spiro atoms. The molecule has 1 aliphatic rings. The number of carbonyl (C=O) groups is 1. The van der Waals surface area contributed by atoms with Crippen LogP contribution in [0.1, 0.15) is 66.7 Å². The Morgan fingerprint density at radius 3 is 2.43 bits per heavy atom. The van der Waals surface area contributed by atoms with Crippen molar-refractivity contribution >= 4 is 5.91 Å². The van der Waals surface area contributed by atoms with E-state index in [4.69, 9.17) is 5.73 Å². The Balaban J connectivity index is 2.51. The zero-order valence-corrected chi connectivity index (χ0v) is 14.8. The van der Waals surface area contributed by atoms with E-state index >= 15 is 0 Å². The molecule has 1 amide bonds. The van der Waals surface area contributed by atoms with Gasteiger partial charge in [-0.05, 0) is 55.4 Å². The molecule has 0 aromatic heterocycles. The minimum Gasteiger partial charge on any atom is -0.343 e. The van der Waals surface area contributed by atoms with Crippen molar-refractivity contribution in [1.29, 1.82) is 0 Å². The van der Waals surface area contributed by atoms with Gasteiger partial charge < -0.3 is 10.6 Å². The number of likely N-dealkylation sites (tertiary alicyclic amines) is 1. The molecule has 0 aromatic rings. The highest BCUT2D eigenvalue weighted by atomic mass is 16.2. The average Bonchev–Trinajstić information content (AvgIpc) is 2.62. The molecule has 2 N–H and O–H groups in total. The van der Waals surface area contributed by atoms with Gasteiger partial charge in [0.05, 0.1) is 0 Å². The summed E-state index contributed by atoms with van der Waals surface area (Å²) in [7, 11) is 0.